The highest BCUT2D eigenvalue weighted by Crippen LogP contribution is 2.16. The minimum atomic E-state index is -3.53. The third-order valence-corrected chi connectivity index (χ3v) is 5.68. The first kappa shape index (κ1) is 19.6. The maximum absolute atomic E-state index is 12.5. The standard InChI is InChI=1S/C16H26N2O4S/c1-12(2)15(17)9-10-18(3)23(20,21)11-13-7-5-6-8-14(13)16(19)22-4/h5-8,12,15H,9-11,17H2,1-4H3. The van der Waals surface area contributed by atoms with Crippen molar-refractivity contribution in [1.29, 1.82) is 0 Å². The molecule has 0 aliphatic heterocycles. The molecule has 6 nitrogen and oxygen atoms in total. The molecule has 0 amide bonds. The van der Waals surface area contributed by atoms with Gasteiger partial charge >= 0.3 is 5.97 Å². The molecule has 130 valence electrons. The highest BCUT2D eigenvalue weighted by molar-refractivity contribution is 7.88. The zero-order valence-corrected chi connectivity index (χ0v) is 15.0. The first-order valence-electron chi connectivity index (χ1n) is 7.55. The van der Waals surface area contributed by atoms with Gasteiger partial charge in [0.15, 0.2) is 0 Å². The number of carbonyl (C=O) groups excluding carboxylic acids is 1. The second kappa shape index (κ2) is 8.42. The molecule has 2 N–H and O–H groups in total. The Kier molecular flexibility index (Phi) is 7.18. The van der Waals surface area contributed by atoms with E-state index in [0.29, 0.717) is 24.4 Å². The van der Waals surface area contributed by atoms with Crippen molar-refractivity contribution < 1.29 is 17.9 Å². The number of nitrogens with zero attached hydrogens (tertiary/aromatic N) is 1. The third kappa shape index (κ3) is 5.60. The Hall–Kier alpha value is -1.44. The van der Waals surface area contributed by atoms with E-state index in [0.717, 1.165) is 0 Å². The average Bonchev–Trinajstić information content (AvgIpc) is 2.51. The number of benzene rings is 1. The summed E-state index contributed by atoms with van der Waals surface area (Å²) in [6.07, 6.45) is 0.589. The molecule has 1 atom stereocenters. The molecule has 1 aromatic carbocycles. The fourth-order valence-electron chi connectivity index (χ4n) is 2.07. The maximum Gasteiger partial charge on any atom is 0.338 e. The fourth-order valence-corrected chi connectivity index (χ4v) is 3.31. The lowest BCUT2D eigenvalue weighted by molar-refractivity contribution is 0.0600. The van der Waals surface area contributed by atoms with Gasteiger partial charge in [-0.15, -0.1) is 0 Å². The Morgan fingerprint density at radius 1 is 1.30 bits per heavy atom. The van der Waals surface area contributed by atoms with Gasteiger partial charge in [0.1, 0.15) is 0 Å². The molecule has 1 unspecified atom stereocenters. The monoisotopic (exact) mass is 342 g/mol. The molecule has 0 bridgehead atoms. The minimum absolute atomic E-state index is 0.0463. The molecule has 0 aromatic heterocycles. The van der Waals surface area contributed by atoms with Crippen LogP contribution in [0.5, 0.6) is 0 Å². The zero-order valence-electron chi connectivity index (χ0n) is 14.2. The number of nitrogens with two attached hydrogens (primary N) is 1. The van der Waals surface area contributed by atoms with Crippen LogP contribution in [0, 0.1) is 5.92 Å². The molecule has 0 saturated heterocycles. The molecular weight excluding hydrogens is 316 g/mol. The summed E-state index contributed by atoms with van der Waals surface area (Å²) < 4.78 is 30.9. The van der Waals surface area contributed by atoms with Gasteiger partial charge in [0.25, 0.3) is 0 Å². The highest BCUT2D eigenvalue weighted by atomic mass is 32.2. The normalized spacial score (nSPS) is 13.3. The van der Waals surface area contributed by atoms with Gasteiger partial charge in [-0.05, 0) is 24.0 Å². The number of hydrogen-bond acceptors (Lipinski definition) is 5. The van der Waals surface area contributed by atoms with Gasteiger partial charge in [0.2, 0.25) is 10.0 Å². The topological polar surface area (TPSA) is 89.7 Å². The Balaban J connectivity index is 2.85. The second-order valence-electron chi connectivity index (χ2n) is 5.92. The molecule has 23 heavy (non-hydrogen) atoms. The maximum atomic E-state index is 12.5. The van der Waals surface area contributed by atoms with Gasteiger partial charge in [0, 0.05) is 19.6 Å². The molecule has 7 heteroatoms. The summed E-state index contributed by atoms with van der Waals surface area (Å²) in [4.78, 5) is 11.7. The van der Waals surface area contributed by atoms with E-state index >= 15 is 0 Å². The Morgan fingerprint density at radius 2 is 1.91 bits per heavy atom. The molecule has 0 heterocycles. The van der Waals surface area contributed by atoms with E-state index in [1.165, 1.54) is 18.5 Å². The van der Waals surface area contributed by atoms with Crippen LogP contribution < -0.4 is 5.73 Å². The van der Waals surface area contributed by atoms with Crippen LogP contribution in [0.2, 0.25) is 0 Å². The SMILES string of the molecule is COC(=O)c1ccccc1CS(=O)(=O)N(C)CCC(N)C(C)C. The molecule has 0 fully saturated rings. The van der Waals surface area contributed by atoms with Gasteiger partial charge in [-0.1, -0.05) is 32.0 Å². The quantitative estimate of drug-likeness (QED) is 0.725. The van der Waals surface area contributed by atoms with E-state index in [4.69, 9.17) is 10.5 Å². The van der Waals surface area contributed by atoms with E-state index in [9.17, 15) is 13.2 Å². The van der Waals surface area contributed by atoms with Gasteiger partial charge in [0.05, 0.1) is 18.4 Å². The van der Waals surface area contributed by atoms with Crippen molar-refractivity contribution in [3.05, 3.63) is 35.4 Å². The largest absolute Gasteiger partial charge is 0.465 e. The molecule has 0 radical (unpaired) electrons. The first-order chi connectivity index (χ1) is 10.7. The van der Waals surface area contributed by atoms with Crippen molar-refractivity contribution in [2.24, 2.45) is 11.7 Å². The molecular formula is C16H26N2O4S. The van der Waals surface area contributed by atoms with Crippen molar-refractivity contribution in [2.45, 2.75) is 32.1 Å². The Bertz CT molecular complexity index is 629. The second-order valence-corrected chi connectivity index (χ2v) is 8.00. The van der Waals surface area contributed by atoms with Crippen LogP contribution in [0.4, 0.5) is 0 Å². The van der Waals surface area contributed by atoms with E-state index in [-0.39, 0.29) is 17.4 Å². The van der Waals surface area contributed by atoms with Crippen molar-refractivity contribution in [1.82, 2.24) is 4.31 Å². The van der Waals surface area contributed by atoms with E-state index < -0.39 is 16.0 Å². The molecule has 0 spiro atoms. The summed E-state index contributed by atoms with van der Waals surface area (Å²) in [5.41, 5.74) is 6.66. The average molecular weight is 342 g/mol. The van der Waals surface area contributed by atoms with Gasteiger partial charge < -0.3 is 10.5 Å². The summed E-state index contributed by atoms with van der Waals surface area (Å²) in [6.45, 7) is 4.36. The van der Waals surface area contributed by atoms with Crippen molar-refractivity contribution >= 4 is 16.0 Å². The number of esters is 1. The predicted octanol–water partition coefficient (Wildman–Crippen LogP) is 1.61. The number of sulfonamides is 1. The molecule has 0 saturated carbocycles. The Morgan fingerprint density at radius 3 is 2.48 bits per heavy atom. The fraction of sp³-hybridized carbons (Fsp3) is 0.562. The van der Waals surface area contributed by atoms with Gasteiger partial charge in [-0.3, -0.25) is 0 Å². The number of methoxy groups -OCH3 is 1. The molecule has 0 aliphatic carbocycles. The van der Waals surface area contributed by atoms with Crippen molar-refractivity contribution in [2.75, 3.05) is 20.7 Å². The number of carbonyl (C=O) groups is 1. The Labute approximate surface area is 138 Å². The van der Waals surface area contributed by atoms with Crippen LogP contribution in [0.15, 0.2) is 24.3 Å². The summed E-state index contributed by atoms with van der Waals surface area (Å²) in [7, 11) is -0.727. The van der Waals surface area contributed by atoms with Crippen LogP contribution in [0.1, 0.15) is 36.2 Å². The lowest BCUT2D eigenvalue weighted by Crippen LogP contribution is -2.35. The smallest absolute Gasteiger partial charge is 0.338 e. The summed E-state index contributed by atoms with van der Waals surface area (Å²) in [6, 6.07) is 6.51. The zero-order chi connectivity index (χ0) is 17.6. The van der Waals surface area contributed by atoms with Gasteiger partial charge in [-0.2, -0.15) is 0 Å². The van der Waals surface area contributed by atoms with Crippen LogP contribution in [0.25, 0.3) is 0 Å². The first-order valence-corrected chi connectivity index (χ1v) is 9.15. The van der Waals surface area contributed by atoms with Gasteiger partial charge in [-0.25, -0.2) is 17.5 Å². The van der Waals surface area contributed by atoms with Crippen LogP contribution in [-0.2, 0) is 20.5 Å². The molecule has 0 aliphatic rings. The van der Waals surface area contributed by atoms with E-state index in [1.54, 1.807) is 24.3 Å². The highest BCUT2D eigenvalue weighted by Gasteiger charge is 2.22. The van der Waals surface area contributed by atoms with Crippen LogP contribution in [0.3, 0.4) is 0 Å². The predicted molar refractivity (Wildman–Crippen MR) is 90.5 cm³/mol. The third-order valence-electron chi connectivity index (χ3n) is 3.87. The number of rotatable bonds is 8. The minimum Gasteiger partial charge on any atom is -0.465 e. The van der Waals surface area contributed by atoms with Crippen molar-refractivity contribution in [3.63, 3.8) is 0 Å². The lowest BCUT2D eigenvalue weighted by atomic mass is 10.0. The van der Waals surface area contributed by atoms with Crippen LogP contribution >= 0.6 is 0 Å². The van der Waals surface area contributed by atoms with Crippen LogP contribution in [-0.4, -0.2) is 45.4 Å². The number of ether oxygens (including phenoxy) is 1. The summed E-state index contributed by atoms with van der Waals surface area (Å²) in [5.74, 6) is -0.488. The molecule has 1 rings (SSSR count). The summed E-state index contributed by atoms with van der Waals surface area (Å²) >= 11 is 0. The number of hydrogen-bond donors (Lipinski definition) is 1. The van der Waals surface area contributed by atoms with E-state index in [2.05, 4.69) is 0 Å². The van der Waals surface area contributed by atoms with E-state index in [1.807, 2.05) is 13.8 Å². The lowest BCUT2D eigenvalue weighted by Gasteiger charge is -2.21. The summed E-state index contributed by atoms with van der Waals surface area (Å²) in [5, 5.41) is 0. The molecule has 1 aromatic rings. The van der Waals surface area contributed by atoms with Crippen molar-refractivity contribution in [3.8, 4) is 0 Å².